The minimum absolute atomic E-state index is 0.148. The summed E-state index contributed by atoms with van der Waals surface area (Å²) in [6, 6.07) is 0. The van der Waals surface area contributed by atoms with E-state index in [1.807, 2.05) is 6.08 Å². The Bertz CT molecular complexity index is 271. The molecule has 1 aliphatic carbocycles. The van der Waals surface area contributed by atoms with Gasteiger partial charge in [0.05, 0.1) is 0 Å². The normalized spacial score (nSPS) is 18.1. The minimum atomic E-state index is -0.370. The lowest BCUT2D eigenvalue weighted by molar-refractivity contribution is -0.117. The topological polar surface area (TPSA) is 26.3 Å². The van der Waals surface area contributed by atoms with Crippen molar-refractivity contribution in [1.29, 1.82) is 0 Å². The zero-order valence-corrected chi connectivity index (χ0v) is 8.58. The van der Waals surface area contributed by atoms with Crippen LogP contribution in [-0.4, -0.2) is 19.0 Å². The largest absolute Gasteiger partial charge is 0.368 e. The van der Waals surface area contributed by atoms with Gasteiger partial charge in [0.1, 0.15) is 6.10 Å². The molecular weight excluding hydrogens is 176 g/mol. The highest BCUT2D eigenvalue weighted by molar-refractivity contribution is 5.95. The van der Waals surface area contributed by atoms with Crippen LogP contribution in [0.3, 0.4) is 0 Å². The van der Waals surface area contributed by atoms with Gasteiger partial charge in [-0.25, -0.2) is 0 Å². The van der Waals surface area contributed by atoms with Crippen molar-refractivity contribution in [3.05, 3.63) is 11.6 Å². The third-order valence-corrected chi connectivity index (χ3v) is 2.49. The third-order valence-electron chi connectivity index (χ3n) is 2.49. The third kappa shape index (κ3) is 3.01. The molecule has 0 amide bonds. The van der Waals surface area contributed by atoms with Crippen LogP contribution in [0.5, 0.6) is 0 Å². The minimum Gasteiger partial charge on any atom is -0.368 e. The molecule has 0 spiro atoms. The first kappa shape index (κ1) is 11.0. The van der Waals surface area contributed by atoms with Crippen LogP contribution < -0.4 is 0 Å². The van der Waals surface area contributed by atoms with Crippen molar-refractivity contribution in [2.24, 2.45) is 0 Å². The zero-order chi connectivity index (χ0) is 10.4. The summed E-state index contributed by atoms with van der Waals surface area (Å²) in [5, 5.41) is 0. The molecule has 0 heterocycles. The van der Waals surface area contributed by atoms with Gasteiger partial charge in [0.25, 0.3) is 0 Å². The maximum atomic E-state index is 11.7. The van der Waals surface area contributed by atoms with E-state index in [9.17, 15) is 4.79 Å². The van der Waals surface area contributed by atoms with Crippen molar-refractivity contribution >= 4 is 5.78 Å². The van der Waals surface area contributed by atoms with E-state index >= 15 is 0 Å². The number of ether oxygens (including phenoxy) is 1. The van der Waals surface area contributed by atoms with Crippen molar-refractivity contribution in [1.82, 2.24) is 0 Å². The molecule has 0 N–H and O–H groups in total. The molecular formula is C12H16O2. The van der Waals surface area contributed by atoms with Crippen LogP contribution in [0.15, 0.2) is 11.6 Å². The SMILES string of the molecule is C#CC(CC(=O)C1=CCCCC1)OC. The van der Waals surface area contributed by atoms with E-state index in [-0.39, 0.29) is 11.9 Å². The quantitative estimate of drug-likeness (QED) is 0.637. The molecule has 0 bridgehead atoms. The Morgan fingerprint density at radius 2 is 2.50 bits per heavy atom. The second-order valence-corrected chi connectivity index (χ2v) is 3.49. The Morgan fingerprint density at radius 1 is 1.71 bits per heavy atom. The molecule has 1 atom stereocenters. The zero-order valence-electron chi connectivity index (χ0n) is 8.58. The van der Waals surface area contributed by atoms with E-state index in [4.69, 9.17) is 11.2 Å². The van der Waals surface area contributed by atoms with E-state index < -0.39 is 0 Å². The number of terminal acetylenes is 1. The fourth-order valence-electron chi connectivity index (χ4n) is 1.60. The summed E-state index contributed by atoms with van der Waals surface area (Å²) in [4.78, 5) is 11.7. The van der Waals surface area contributed by atoms with E-state index in [2.05, 4.69) is 5.92 Å². The van der Waals surface area contributed by atoms with Crippen LogP contribution in [0.4, 0.5) is 0 Å². The smallest absolute Gasteiger partial charge is 0.162 e. The fourth-order valence-corrected chi connectivity index (χ4v) is 1.60. The van der Waals surface area contributed by atoms with Crippen LogP contribution in [0.1, 0.15) is 32.1 Å². The molecule has 0 fully saturated rings. The number of hydrogen-bond acceptors (Lipinski definition) is 2. The van der Waals surface area contributed by atoms with Crippen molar-refractivity contribution < 1.29 is 9.53 Å². The van der Waals surface area contributed by atoms with Gasteiger partial charge in [-0.1, -0.05) is 12.0 Å². The van der Waals surface area contributed by atoms with Gasteiger partial charge in [0.15, 0.2) is 5.78 Å². The molecule has 76 valence electrons. The molecule has 0 aromatic carbocycles. The van der Waals surface area contributed by atoms with Crippen molar-refractivity contribution in [2.75, 3.05) is 7.11 Å². The summed E-state index contributed by atoms with van der Waals surface area (Å²) >= 11 is 0. The Balaban J connectivity index is 2.49. The van der Waals surface area contributed by atoms with Gasteiger partial charge in [-0.05, 0) is 31.3 Å². The highest BCUT2D eigenvalue weighted by atomic mass is 16.5. The van der Waals surface area contributed by atoms with Gasteiger partial charge in [0, 0.05) is 13.5 Å². The van der Waals surface area contributed by atoms with Gasteiger partial charge in [-0.15, -0.1) is 6.42 Å². The lowest BCUT2D eigenvalue weighted by Crippen LogP contribution is -2.16. The van der Waals surface area contributed by atoms with Crippen LogP contribution in [0.2, 0.25) is 0 Å². The highest BCUT2D eigenvalue weighted by Gasteiger charge is 2.16. The summed E-state index contributed by atoms with van der Waals surface area (Å²) < 4.78 is 4.98. The molecule has 0 saturated heterocycles. The van der Waals surface area contributed by atoms with E-state index in [0.717, 1.165) is 24.8 Å². The first-order chi connectivity index (χ1) is 6.77. The number of Topliss-reactive ketones (excluding diaryl/α,β-unsaturated/α-hetero) is 1. The highest BCUT2D eigenvalue weighted by Crippen LogP contribution is 2.19. The fraction of sp³-hybridized carbons (Fsp3) is 0.583. The van der Waals surface area contributed by atoms with Crippen molar-refractivity contribution in [2.45, 2.75) is 38.2 Å². The van der Waals surface area contributed by atoms with E-state index in [1.165, 1.54) is 13.5 Å². The number of allylic oxidation sites excluding steroid dienone is 2. The Morgan fingerprint density at radius 3 is 3.00 bits per heavy atom. The maximum Gasteiger partial charge on any atom is 0.162 e. The number of methoxy groups -OCH3 is 1. The predicted molar refractivity (Wildman–Crippen MR) is 55.8 cm³/mol. The first-order valence-electron chi connectivity index (χ1n) is 4.99. The summed E-state index contributed by atoms with van der Waals surface area (Å²) in [6.45, 7) is 0. The second kappa shape index (κ2) is 5.62. The summed E-state index contributed by atoms with van der Waals surface area (Å²) in [5.41, 5.74) is 0.938. The maximum absolute atomic E-state index is 11.7. The summed E-state index contributed by atoms with van der Waals surface area (Å²) in [7, 11) is 1.53. The Kier molecular flexibility index (Phi) is 4.42. The van der Waals surface area contributed by atoms with Crippen LogP contribution in [0.25, 0.3) is 0 Å². The molecule has 0 aromatic rings. The lowest BCUT2D eigenvalue weighted by atomic mass is 9.94. The molecule has 0 aromatic heterocycles. The Labute approximate surface area is 85.3 Å². The van der Waals surface area contributed by atoms with Gasteiger partial charge in [0.2, 0.25) is 0 Å². The Hall–Kier alpha value is -1.07. The summed E-state index contributed by atoms with van der Waals surface area (Å²) in [5.74, 6) is 2.60. The average Bonchev–Trinajstić information content (AvgIpc) is 2.26. The lowest BCUT2D eigenvalue weighted by Gasteiger charge is -2.13. The second-order valence-electron chi connectivity index (χ2n) is 3.49. The van der Waals surface area contributed by atoms with Gasteiger partial charge >= 0.3 is 0 Å². The number of hydrogen-bond donors (Lipinski definition) is 0. The monoisotopic (exact) mass is 192 g/mol. The molecule has 2 heteroatoms. The molecule has 1 aliphatic rings. The number of carbonyl (C=O) groups excluding carboxylic acids is 1. The van der Waals surface area contributed by atoms with Crippen LogP contribution in [-0.2, 0) is 9.53 Å². The summed E-state index contributed by atoms with van der Waals surface area (Å²) in [6.07, 6.45) is 11.4. The van der Waals surface area contributed by atoms with Crippen LogP contribution >= 0.6 is 0 Å². The molecule has 0 saturated carbocycles. The predicted octanol–water partition coefficient (Wildman–Crippen LogP) is 2.09. The first-order valence-corrected chi connectivity index (χ1v) is 4.99. The number of rotatable bonds is 4. The molecule has 0 radical (unpaired) electrons. The molecule has 1 unspecified atom stereocenters. The number of carbonyl (C=O) groups is 1. The van der Waals surface area contributed by atoms with Crippen molar-refractivity contribution in [3.63, 3.8) is 0 Å². The van der Waals surface area contributed by atoms with Gasteiger partial charge in [-0.2, -0.15) is 0 Å². The van der Waals surface area contributed by atoms with Crippen LogP contribution in [0, 0.1) is 12.3 Å². The average molecular weight is 192 g/mol. The van der Waals surface area contributed by atoms with E-state index in [0.29, 0.717) is 6.42 Å². The molecule has 0 aliphatic heterocycles. The van der Waals surface area contributed by atoms with Gasteiger partial charge < -0.3 is 4.74 Å². The van der Waals surface area contributed by atoms with Crippen molar-refractivity contribution in [3.8, 4) is 12.3 Å². The van der Waals surface area contributed by atoms with E-state index in [1.54, 1.807) is 0 Å². The standard InChI is InChI=1S/C12H16O2/c1-3-11(14-2)9-12(13)10-7-5-4-6-8-10/h1,7,11H,4-6,8-9H2,2H3. The molecule has 1 rings (SSSR count). The number of ketones is 1. The molecule has 2 nitrogen and oxygen atoms in total. The molecule has 14 heavy (non-hydrogen) atoms. The van der Waals surface area contributed by atoms with Gasteiger partial charge in [-0.3, -0.25) is 4.79 Å².